The lowest BCUT2D eigenvalue weighted by molar-refractivity contribution is 0.281. The van der Waals surface area contributed by atoms with E-state index in [-0.39, 0.29) is 0 Å². The highest BCUT2D eigenvalue weighted by molar-refractivity contribution is 8.31. The summed E-state index contributed by atoms with van der Waals surface area (Å²) in [4.78, 5) is 2.43. The summed E-state index contributed by atoms with van der Waals surface area (Å²) in [6.07, 6.45) is 2.09. The third-order valence-corrected chi connectivity index (χ3v) is 7.87. The molecule has 0 aliphatic carbocycles. The molecular weight excluding hydrogens is 430 g/mol. The van der Waals surface area contributed by atoms with Crippen LogP contribution in [0.1, 0.15) is 46.1 Å². The Bertz CT molecular complexity index is 838. The maximum absolute atomic E-state index is 6.21. The van der Waals surface area contributed by atoms with E-state index in [9.17, 15) is 0 Å². The molecule has 6 heteroatoms. The number of nitrogens with one attached hydrogen (secondary N) is 1. The lowest BCUT2D eigenvalue weighted by Gasteiger charge is -2.16. The van der Waals surface area contributed by atoms with Crippen LogP contribution in [0.15, 0.2) is 57.7 Å². The highest BCUT2D eigenvalue weighted by Gasteiger charge is 2.23. The van der Waals surface area contributed by atoms with Crippen molar-refractivity contribution in [3.05, 3.63) is 58.3 Å². The fraction of sp³-hybridized carbons (Fsp3) is 0.417. The predicted octanol–water partition coefficient (Wildman–Crippen LogP) is 7.85. The summed E-state index contributed by atoms with van der Waals surface area (Å²) < 4.78 is 16.9. The normalized spacial score (nSPS) is 14.1. The zero-order valence-electron chi connectivity index (χ0n) is 18.1. The summed E-state index contributed by atoms with van der Waals surface area (Å²) >= 11 is 5.10. The largest absolute Gasteiger partial charge is 0.494 e. The second-order valence-electron chi connectivity index (χ2n) is 8.04. The molecule has 0 atom stereocenters. The lowest BCUT2D eigenvalue weighted by Crippen LogP contribution is -2.04. The second-order valence-corrected chi connectivity index (χ2v) is 11.3. The van der Waals surface area contributed by atoms with Gasteiger partial charge in [-0.2, -0.15) is 4.13 Å². The Morgan fingerprint density at radius 1 is 0.867 bits per heavy atom. The van der Waals surface area contributed by atoms with Crippen LogP contribution < -0.4 is 13.6 Å². The Balaban J connectivity index is 1.86. The van der Waals surface area contributed by atoms with Gasteiger partial charge in [-0.1, -0.05) is 57.7 Å². The van der Waals surface area contributed by atoms with Crippen molar-refractivity contribution in [1.82, 2.24) is 4.13 Å². The van der Waals surface area contributed by atoms with Gasteiger partial charge in [-0.15, -0.1) is 0 Å². The van der Waals surface area contributed by atoms with Crippen molar-refractivity contribution < 1.29 is 9.47 Å². The van der Waals surface area contributed by atoms with Gasteiger partial charge >= 0.3 is 0 Å². The fourth-order valence-electron chi connectivity index (χ4n) is 2.74. The smallest absolute Gasteiger partial charge is 0.128 e. The molecule has 0 radical (unpaired) electrons. The number of thioether (sulfide) groups is 1. The van der Waals surface area contributed by atoms with Gasteiger partial charge in [-0.05, 0) is 78.9 Å². The van der Waals surface area contributed by atoms with E-state index in [2.05, 4.69) is 68.2 Å². The van der Waals surface area contributed by atoms with Crippen molar-refractivity contribution in [2.24, 2.45) is 11.8 Å². The molecule has 2 aromatic rings. The molecule has 2 aromatic carbocycles. The number of hydrogen-bond donors (Lipinski definition) is 1. The minimum Gasteiger partial charge on any atom is -0.494 e. The molecule has 3 rings (SSSR count). The molecule has 0 aromatic heterocycles. The molecule has 0 fully saturated rings. The average molecular weight is 462 g/mol. The zero-order valence-corrected chi connectivity index (χ0v) is 20.6. The van der Waals surface area contributed by atoms with Crippen molar-refractivity contribution in [3.63, 3.8) is 0 Å². The number of hydrogen-bond acceptors (Lipinski definition) is 6. The molecule has 0 unspecified atom stereocenters. The molecule has 30 heavy (non-hydrogen) atoms. The standard InChI is InChI=1S/C24H31NO2S3/c1-17(2)12-14-26-19-10-11-22(27-15-13-18(3)4)21(16-19)23-24(30-25-29-23)28-20-8-6-5-7-9-20/h5-11,16-18,25H,12-15H2,1-4H3. The van der Waals surface area contributed by atoms with Crippen molar-refractivity contribution in [2.45, 2.75) is 45.4 Å². The summed E-state index contributed by atoms with van der Waals surface area (Å²) in [6.45, 7) is 10.3. The Labute approximate surface area is 194 Å². The van der Waals surface area contributed by atoms with Crippen LogP contribution in [0.5, 0.6) is 11.5 Å². The maximum atomic E-state index is 6.21. The van der Waals surface area contributed by atoms with Crippen LogP contribution in [0.3, 0.4) is 0 Å². The lowest BCUT2D eigenvalue weighted by atomic mass is 10.1. The SMILES string of the molecule is CC(C)CCOc1ccc(OCCC(C)C)c(C2=C(Sc3ccccc3)SNS2)c1. The number of ether oxygens (including phenoxy) is 2. The molecular formula is C24H31NO2S3. The molecule has 1 aliphatic heterocycles. The van der Waals surface area contributed by atoms with Crippen LogP contribution in [0.4, 0.5) is 0 Å². The number of benzene rings is 2. The highest BCUT2D eigenvalue weighted by atomic mass is 32.2. The topological polar surface area (TPSA) is 30.5 Å². The van der Waals surface area contributed by atoms with Crippen LogP contribution >= 0.6 is 35.7 Å². The van der Waals surface area contributed by atoms with Gasteiger partial charge in [0.05, 0.1) is 22.4 Å². The van der Waals surface area contributed by atoms with E-state index >= 15 is 0 Å². The second kappa shape index (κ2) is 12.0. The van der Waals surface area contributed by atoms with E-state index in [4.69, 9.17) is 9.47 Å². The maximum Gasteiger partial charge on any atom is 0.128 e. The Morgan fingerprint density at radius 3 is 2.27 bits per heavy atom. The minimum atomic E-state index is 0.619. The van der Waals surface area contributed by atoms with Crippen LogP contribution in [0.2, 0.25) is 0 Å². The zero-order chi connectivity index (χ0) is 21.3. The molecule has 0 amide bonds. The van der Waals surface area contributed by atoms with Gasteiger partial charge in [0.2, 0.25) is 0 Å². The minimum absolute atomic E-state index is 0.619. The van der Waals surface area contributed by atoms with E-state index in [1.54, 1.807) is 35.7 Å². The van der Waals surface area contributed by atoms with E-state index in [1.807, 2.05) is 12.1 Å². The van der Waals surface area contributed by atoms with Gasteiger partial charge in [-0.25, -0.2) is 0 Å². The van der Waals surface area contributed by atoms with E-state index in [0.717, 1.165) is 43.1 Å². The summed E-state index contributed by atoms with van der Waals surface area (Å²) in [6, 6.07) is 16.7. The molecule has 0 saturated heterocycles. The van der Waals surface area contributed by atoms with Crippen LogP contribution in [0, 0.1) is 11.8 Å². The molecule has 162 valence electrons. The first kappa shape index (κ1) is 23.5. The monoisotopic (exact) mass is 461 g/mol. The first-order valence-corrected chi connectivity index (χ1v) is 12.9. The van der Waals surface area contributed by atoms with Crippen molar-refractivity contribution in [2.75, 3.05) is 13.2 Å². The van der Waals surface area contributed by atoms with E-state index < -0.39 is 0 Å². The molecule has 0 saturated carbocycles. The van der Waals surface area contributed by atoms with Crippen LogP contribution in [0.25, 0.3) is 4.91 Å². The first-order chi connectivity index (χ1) is 14.5. The Hall–Kier alpha value is -1.21. The third kappa shape index (κ3) is 7.19. The van der Waals surface area contributed by atoms with E-state index in [1.165, 1.54) is 14.0 Å². The predicted molar refractivity (Wildman–Crippen MR) is 134 cm³/mol. The quantitative estimate of drug-likeness (QED) is 0.343. The summed E-state index contributed by atoms with van der Waals surface area (Å²) in [5.74, 6) is 3.07. The Morgan fingerprint density at radius 2 is 1.57 bits per heavy atom. The van der Waals surface area contributed by atoms with Crippen molar-refractivity contribution >= 4 is 40.6 Å². The molecule has 1 N–H and O–H groups in total. The Kier molecular flexibility index (Phi) is 9.37. The molecule has 1 aliphatic rings. The first-order valence-electron chi connectivity index (χ1n) is 10.5. The number of rotatable bonds is 11. The van der Waals surface area contributed by atoms with Gasteiger partial charge in [0, 0.05) is 10.5 Å². The molecule has 1 heterocycles. The molecule has 0 bridgehead atoms. The van der Waals surface area contributed by atoms with E-state index in [0.29, 0.717) is 11.8 Å². The van der Waals surface area contributed by atoms with Crippen molar-refractivity contribution in [1.29, 1.82) is 0 Å². The molecule has 3 nitrogen and oxygen atoms in total. The van der Waals surface area contributed by atoms with Crippen LogP contribution in [-0.2, 0) is 0 Å². The van der Waals surface area contributed by atoms with Crippen molar-refractivity contribution in [3.8, 4) is 11.5 Å². The van der Waals surface area contributed by atoms with Gasteiger partial charge < -0.3 is 9.47 Å². The summed E-state index contributed by atoms with van der Waals surface area (Å²) in [5.41, 5.74) is 1.10. The third-order valence-electron chi connectivity index (χ3n) is 4.53. The molecule has 0 spiro atoms. The average Bonchev–Trinajstić information content (AvgIpc) is 3.17. The van der Waals surface area contributed by atoms with Crippen LogP contribution in [-0.4, -0.2) is 13.2 Å². The van der Waals surface area contributed by atoms with Gasteiger partial charge in [0.1, 0.15) is 11.5 Å². The van der Waals surface area contributed by atoms with Gasteiger partial charge in [0.15, 0.2) is 0 Å². The summed E-state index contributed by atoms with van der Waals surface area (Å²) in [7, 11) is 0. The fourth-order valence-corrected chi connectivity index (χ4v) is 6.06. The van der Waals surface area contributed by atoms with Gasteiger partial charge in [0.25, 0.3) is 0 Å². The highest BCUT2D eigenvalue weighted by Crippen LogP contribution is 2.51. The summed E-state index contributed by atoms with van der Waals surface area (Å²) in [5, 5.41) is 0. The van der Waals surface area contributed by atoms with Gasteiger partial charge in [-0.3, -0.25) is 0 Å².